The van der Waals surface area contributed by atoms with E-state index < -0.39 is 12.2 Å². The molecule has 8 atom stereocenters. The fourth-order valence-electron chi connectivity index (χ4n) is 7.52. The summed E-state index contributed by atoms with van der Waals surface area (Å²) in [4.78, 5) is 26.1. The van der Waals surface area contributed by atoms with Crippen molar-refractivity contribution in [3.63, 3.8) is 0 Å². The van der Waals surface area contributed by atoms with Crippen LogP contribution in [-0.2, 0) is 33.2 Å². The second-order valence-corrected chi connectivity index (χ2v) is 17.7. The average molecular weight is 866 g/mol. The van der Waals surface area contributed by atoms with E-state index in [9.17, 15) is 9.59 Å². The van der Waals surface area contributed by atoms with E-state index >= 15 is 0 Å². The van der Waals surface area contributed by atoms with Crippen molar-refractivity contribution in [3.8, 4) is 5.75 Å². The van der Waals surface area contributed by atoms with Crippen molar-refractivity contribution in [2.45, 2.75) is 99.9 Å². The first kappa shape index (κ1) is 43.1. The number of esters is 2. The Kier molecular flexibility index (Phi) is 17.6. The summed E-state index contributed by atoms with van der Waals surface area (Å²) in [5.41, 5.74) is 0.500. The summed E-state index contributed by atoms with van der Waals surface area (Å²) in [6, 6.07) is 26.5. The number of rotatable bonds is 19. The Balaban J connectivity index is 1.23. The maximum atomic E-state index is 13.6. The summed E-state index contributed by atoms with van der Waals surface area (Å²) in [5, 5.41) is 0.590. The van der Waals surface area contributed by atoms with Gasteiger partial charge in [0.2, 0.25) is 0 Å². The van der Waals surface area contributed by atoms with Gasteiger partial charge < -0.3 is 9.47 Å². The molecule has 3 aromatic carbocycles. The number of ether oxygens (including phenoxy) is 7. The zero-order valence-corrected chi connectivity index (χ0v) is 35.1. The maximum absolute atomic E-state index is 13.6. The van der Waals surface area contributed by atoms with E-state index in [2.05, 4.69) is 30.4 Å². The minimum atomic E-state index is -0.460. The molecule has 11 heteroatoms. The van der Waals surface area contributed by atoms with Crippen LogP contribution >= 0.6 is 11.6 Å². The molecule has 3 fully saturated rings. The topological polar surface area (TPSA) is 98.8 Å². The molecule has 2 saturated heterocycles. The quantitative estimate of drug-likeness (QED) is 0.0667. The summed E-state index contributed by atoms with van der Waals surface area (Å²) in [6.45, 7) is 1.56. The third-order valence-corrected chi connectivity index (χ3v) is 13.3. The van der Waals surface area contributed by atoms with Crippen molar-refractivity contribution in [1.29, 1.82) is 0 Å². The first-order valence-corrected chi connectivity index (χ1v) is 22.5. The number of benzene rings is 3. The molecule has 3 unspecified atom stereocenters. The third kappa shape index (κ3) is 13.8. The molecule has 0 aromatic heterocycles. The van der Waals surface area contributed by atoms with Crippen LogP contribution in [0.2, 0.25) is 9.84 Å². The fourth-order valence-corrected chi connectivity index (χ4v) is 9.98. The molecule has 6 rings (SSSR count). The van der Waals surface area contributed by atoms with Crippen LogP contribution in [0.5, 0.6) is 5.75 Å². The summed E-state index contributed by atoms with van der Waals surface area (Å²) in [7, 11) is 1.46. The number of hydrogen-bond donors (Lipinski definition) is 0. The molecule has 0 N–H and O–H groups in total. The first-order chi connectivity index (χ1) is 27.9. The van der Waals surface area contributed by atoms with E-state index in [1.165, 1.54) is 11.6 Å². The monoisotopic (exact) mass is 866 g/mol. The molecule has 306 valence electrons. The summed E-state index contributed by atoms with van der Waals surface area (Å²) < 4.78 is 44.2. The van der Waals surface area contributed by atoms with E-state index in [4.69, 9.17) is 44.8 Å². The van der Waals surface area contributed by atoms with Gasteiger partial charge in [0.25, 0.3) is 0 Å². The molecule has 3 aliphatic rings. The number of allylic oxidation sites excluding steroid dienone is 2. The van der Waals surface area contributed by atoms with Gasteiger partial charge in [0.05, 0.1) is 0 Å². The van der Waals surface area contributed by atoms with Gasteiger partial charge in [-0.3, -0.25) is 0 Å². The van der Waals surface area contributed by atoms with E-state index in [0.29, 0.717) is 48.8 Å². The van der Waals surface area contributed by atoms with Crippen LogP contribution in [0.15, 0.2) is 109 Å². The first-order valence-electron chi connectivity index (χ1n) is 20.3. The molecule has 57 heavy (non-hydrogen) atoms. The molecular weight excluding hydrogens is 811 g/mol. The Hall–Kier alpha value is -3.47. The van der Waals surface area contributed by atoms with Gasteiger partial charge in [-0.25, -0.2) is 0 Å². The van der Waals surface area contributed by atoms with Crippen molar-refractivity contribution in [3.05, 3.63) is 120 Å². The predicted molar refractivity (Wildman–Crippen MR) is 221 cm³/mol. The van der Waals surface area contributed by atoms with Crippen LogP contribution in [0.1, 0.15) is 74.6 Å². The predicted octanol–water partition coefficient (Wildman–Crippen LogP) is 8.68. The van der Waals surface area contributed by atoms with Gasteiger partial charge in [0.1, 0.15) is 5.75 Å². The van der Waals surface area contributed by atoms with Crippen LogP contribution in [0, 0.1) is 11.8 Å². The average Bonchev–Trinajstić information content (AvgIpc) is 3.56. The van der Waals surface area contributed by atoms with Gasteiger partial charge in [-0.2, -0.15) is 0 Å². The van der Waals surface area contributed by atoms with Gasteiger partial charge >= 0.3 is 225 Å². The standard InChI is InChI=1S/C46H55ClO9Se/c1-50-46(49)42(57-37-20-7-3-8-21-37)23-10-4-9-22-38-39(27-26-36(54-43-24-11-13-28-51-43)32-53-35-19-15-18-34(47)30-35)41(56-45(48)33-16-5-2-6-17-33)31-40(38)55-44-25-12-14-29-52-44/h2-9,15-21,26-27,30,36,38-44H,10-14,22-25,28-29,31-32H2,1H3/b9-4-,27-26+/t36-,38-,39-,40+,41-,42?,43?,44?/m1/s1. The van der Waals surface area contributed by atoms with Gasteiger partial charge in [-0.05, 0) is 56.0 Å². The number of carbonyl (C=O) groups excluding carboxylic acids is 2. The second kappa shape index (κ2) is 23.2. The molecule has 2 heterocycles. The zero-order chi connectivity index (χ0) is 39.7. The molecule has 0 bridgehead atoms. The molecule has 1 saturated carbocycles. The van der Waals surface area contributed by atoms with E-state index in [-0.39, 0.29) is 68.8 Å². The Morgan fingerprint density at radius 2 is 1.61 bits per heavy atom. The van der Waals surface area contributed by atoms with Crippen molar-refractivity contribution < 1.29 is 42.7 Å². The molecule has 2 aliphatic heterocycles. The van der Waals surface area contributed by atoms with Gasteiger partial charge in [-0.1, -0.05) is 35.9 Å². The Labute approximate surface area is 348 Å². The molecule has 1 aliphatic carbocycles. The van der Waals surface area contributed by atoms with E-state index in [1.54, 1.807) is 18.2 Å². The Morgan fingerprint density at radius 1 is 0.877 bits per heavy atom. The fraction of sp³-hybridized carbons (Fsp3) is 0.478. The molecular formula is C46H55ClO9Se. The zero-order valence-electron chi connectivity index (χ0n) is 32.7. The SMILES string of the molecule is COC(=O)C(CC/C=C\C[C@@H]1[C@@H](/C=C/[C@H](COc2cccc(Cl)c2)OC2CCCCO2)[C@H](OC(=O)c2ccccc2)C[C@@H]1OC1CCCCO1)[Se]c1ccccc1. The van der Waals surface area contributed by atoms with Crippen molar-refractivity contribution >= 4 is 43.0 Å². The number of methoxy groups -OCH3 is 1. The number of carbonyl (C=O) groups is 2. The summed E-state index contributed by atoms with van der Waals surface area (Å²) in [6.07, 6.45) is 15.0. The number of halogens is 1. The van der Waals surface area contributed by atoms with E-state index in [1.807, 2.05) is 60.7 Å². The Bertz CT molecular complexity index is 1710. The van der Waals surface area contributed by atoms with Crippen LogP contribution in [0.3, 0.4) is 0 Å². The van der Waals surface area contributed by atoms with Crippen LogP contribution in [0.25, 0.3) is 0 Å². The van der Waals surface area contributed by atoms with Gasteiger partial charge in [0, 0.05) is 11.6 Å². The van der Waals surface area contributed by atoms with Crippen LogP contribution in [0.4, 0.5) is 0 Å². The third-order valence-electron chi connectivity index (χ3n) is 10.5. The number of hydrogen-bond acceptors (Lipinski definition) is 9. The normalized spacial score (nSPS) is 24.9. The molecule has 9 nitrogen and oxygen atoms in total. The van der Waals surface area contributed by atoms with Crippen LogP contribution < -0.4 is 9.20 Å². The molecule has 0 radical (unpaired) electrons. The van der Waals surface area contributed by atoms with Crippen molar-refractivity contribution in [2.75, 3.05) is 26.9 Å². The van der Waals surface area contributed by atoms with Gasteiger partial charge in [-0.15, -0.1) is 0 Å². The van der Waals surface area contributed by atoms with Gasteiger partial charge in [0.15, 0.2) is 6.29 Å². The minimum absolute atomic E-state index is 0.0398. The van der Waals surface area contributed by atoms with Crippen LogP contribution in [-0.4, -0.2) is 84.7 Å². The Morgan fingerprint density at radius 3 is 2.32 bits per heavy atom. The molecule has 0 amide bonds. The molecule has 0 spiro atoms. The van der Waals surface area contributed by atoms with E-state index in [0.717, 1.165) is 44.9 Å². The summed E-state index contributed by atoms with van der Waals surface area (Å²) in [5.74, 6) is -0.142. The summed E-state index contributed by atoms with van der Waals surface area (Å²) >= 11 is 6.22. The van der Waals surface area contributed by atoms with Crippen molar-refractivity contribution in [1.82, 2.24) is 0 Å². The second-order valence-electron chi connectivity index (χ2n) is 14.6. The van der Waals surface area contributed by atoms with Crippen molar-refractivity contribution in [2.24, 2.45) is 11.8 Å². The molecule has 3 aromatic rings.